The van der Waals surface area contributed by atoms with Gasteiger partial charge in [0.25, 0.3) is 0 Å². The number of nitrogens with zero attached hydrogens (tertiary/aromatic N) is 4. The summed E-state index contributed by atoms with van der Waals surface area (Å²) in [7, 11) is 2.59. The Kier molecular flexibility index (Phi) is 13.7. The van der Waals surface area contributed by atoms with Gasteiger partial charge in [0.1, 0.15) is 0 Å². The van der Waals surface area contributed by atoms with Crippen LogP contribution in [0, 0.1) is 0 Å². The molecule has 15 heteroatoms. The van der Waals surface area contributed by atoms with E-state index in [9.17, 15) is 19.2 Å². The molecule has 29 heavy (non-hydrogen) atoms. The van der Waals surface area contributed by atoms with E-state index < -0.39 is 24.1 Å². The number of hydrogen-bond acceptors (Lipinski definition) is 13. The zero-order valence-corrected chi connectivity index (χ0v) is 19.1. The van der Waals surface area contributed by atoms with Crippen molar-refractivity contribution >= 4 is 69.9 Å². The molecule has 0 aromatic heterocycles. The minimum absolute atomic E-state index is 0.145. The molecule has 0 rings (SSSR count). The monoisotopic (exact) mass is 470 g/mol. The van der Waals surface area contributed by atoms with Gasteiger partial charge in [-0.2, -0.15) is 0 Å². The van der Waals surface area contributed by atoms with E-state index >= 15 is 0 Å². The molecule has 0 saturated heterocycles. The van der Waals surface area contributed by atoms with Crippen LogP contribution in [0.5, 0.6) is 0 Å². The summed E-state index contributed by atoms with van der Waals surface area (Å²) in [5.41, 5.74) is 0. The first-order chi connectivity index (χ1) is 13.7. The third kappa shape index (κ3) is 10.3. The number of esters is 2. The van der Waals surface area contributed by atoms with Crippen LogP contribution in [0.15, 0.2) is 10.3 Å². The molecular weight excluding hydrogens is 448 g/mol. The van der Waals surface area contributed by atoms with Crippen molar-refractivity contribution in [3.8, 4) is 0 Å². The highest BCUT2D eigenvalue weighted by Gasteiger charge is 2.21. The highest BCUT2D eigenvalue weighted by molar-refractivity contribution is 8.15. The van der Waals surface area contributed by atoms with Gasteiger partial charge in [0.15, 0.2) is 0 Å². The first-order valence-electron chi connectivity index (χ1n) is 7.87. The highest BCUT2D eigenvalue weighted by Crippen LogP contribution is 2.15. The van der Waals surface area contributed by atoms with Crippen molar-refractivity contribution in [2.45, 2.75) is 13.8 Å². The van der Waals surface area contributed by atoms with Gasteiger partial charge in [0.05, 0.1) is 25.3 Å². The molecule has 12 nitrogen and oxygen atoms in total. The van der Waals surface area contributed by atoms with Crippen molar-refractivity contribution < 1.29 is 38.3 Å². The Morgan fingerprint density at radius 3 is 1.38 bits per heavy atom. The molecular formula is C14H22N4O8S3. The van der Waals surface area contributed by atoms with Crippen molar-refractivity contribution in [1.29, 1.82) is 0 Å². The molecule has 0 aromatic carbocycles. The standard InChI is InChI=1S/C14H22N4O8S3/c1-7-23-11(19)9(27-5)15-25-13(21)17(3)29-18(4)14(22)26-16-10(28-6)12(20)24-8-2/h7-8H2,1-6H3. The molecule has 0 unspecified atom stereocenters. The Hall–Kier alpha value is -2.13. The Morgan fingerprint density at radius 1 is 0.759 bits per heavy atom. The number of carbonyl (C=O) groups excluding carboxylic acids is 4. The molecule has 0 aliphatic heterocycles. The van der Waals surface area contributed by atoms with E-state index in [2.05, 4.69) is 20.0 Å². The molecule has 0 atom stereocenters. The molecule has 0 saturated carbocycles. The van der Waals surface area contributed by atoms with E-state index in [0.29, 0.717) is 12.1 Å². The maximum absolute atomic E-state index is 11.9. The molecule has 0 aliphatic rings. The third-order valence-electron chi connectivity index (χ3n) is 2.46. The second kappa shape index (κ2) is 14.8. The second-order valence-electron chi connectivity index (χ2n) is 4.43. The zero-order chi connectivity index (χ0) is 22.4. The van der Waals surface area contributed by atoms with Crippen LogP contribution in [0.4, 0.5) is 9.59 Å². The lowest BCUT2D eigenvalue weighted by molar-refractivity contribution is -0.135. The van der Waals surface area contributed by atoms with Gasteiger partial charge in [-0.3, -0.25) is 9.68 Å². The Labute approximate surface area is 180 Å². The molecule has 0 radical (unpaired) electrons. The quantitative estimate of drug-likeness (QED) is 0.141. The van der Waals surface area contributed by atoms with E-state index in [1.807, 2.05) is 0 Å². The first-order valence-corrected chi connectivity index (χ1v) is 11.0. The van der Waals surface area contributed by atoms with E-state index in [-0.39, 0.29) is 23.3 Å². The van der Waals surface area contributed by atoms with Gasteiger partial charge >= 0.3 is 24.1 Å². The van der Waals surface area contributed by atoms with Crippen LogP contribution in [0.3, 0.4) is 0 Å². The Balaban J connectivity index is 4.76. The molecule has 0 heterocycles. The molecule has 0 aromatic rings. The van der Waals surface area contributed by atoms with Crippen LogP contribution in [-0.2, 0) is 28.7 Å². The lowest BCUT2D eigenvalue weighted by atomic mass is 10.7. The van der Waals surface area contributed by atoms with Gasteiger partial charge in [-0.25, -0.2) is 27.8 Å². The molecule has 0 aliphatic carbocycles. The topological polar surface area (TPSA) is 136 Å². The average Bonchev–Trinajstić information content (AvgIpc) is 2.68. The number of amides is 2. The number of hydrogen-bond donors (Lipinski definition) is 0. The van der Waals surface area contributed by atoms with Crippen LogP contribution in [0.25, 0.3) is 0 Å². The molecule has 0 bridgehead atoms. The van der Waals surface area contributed by atoms with Gasteiger partial charge in [-0.1, -0.05) is 33.8 Å². The number of rotatable bonds is 6. The number of carbonyl (C=O) groups is 4. The van der Waals surface area contributed by atoms with Gasteiger partial charge in [-0.15, -0.1) is 0 Å². The number of ether oxygens (including phenoxy) is 2. The van der Waals surface area contributed by atoms with Gasteiger partial charge < -0.3 is 9.47 Å². The summed E-state index contributed by atoms with van der Waals surface area (Å²) >= 11 is 2.49. The third-order valence-corrected chi connectivity index (χ3v) is 4.50. The lowest BCUT2D eigenvalue weighted by Crippen LogP contribution is -2.29. The minimum Gasteiger partial charge on any atom is -0.461 e. The van der Waals surface area contributed by atoms with Gasteiger partial charge in [0.2, 0.25) is 10.1 Å². The maximum Gasteiger partial charge on any atom is 0.447 e. The molecule has 164 valence electrons. The van der Waals surface area contributed by atoms with E-state index in [1.54, 1.807) is 26.4 Å². The number of oxime groups is 2. The van der Waals surface area contributed by atoms with Crippen LogP contribution in [0.1, 0.15) is 13.8 Å². The fourth-order valence-electron chi connectivity index (χ4n) is 1.23. The van der Waals surface area contributed by atoms with Gasteiger partial charge in [-0.05, 0) is 26.4 Å². The summed E-state index contributed by atoms with van der Waals surface area (Å²) in [6, 6.07) is 0. The van der Waals surface area contributed by atoms with Crippen LogP contribution >= 0.6 is 35.7 Å². The Bertz CT molecular complexity index is 605. The first kappa shape index (κ1) is 26.9. The van der Waals surface area contributed by atoms with Crippen molar-refractivity contribution in [3.63, 3.8) is 0 Å². The van der Waals surface area contributed by atoms with Crippen molar-refractivity contribution in [2.75, 3.05) is 39.8 Å². The molecule has 0 N–H and O–H groups in total. The predicted octanol–water partition coefficient (Wildman–Crippen LogP) is 2.17. The van der Waals surface area contributed by atoms with Crippen molar-refractivity contribution in [2.24, 2.45) is 10.3 Å². The molecule has 0 spiro atoms. The predicted molar refractivity (Wildman–Crippen MR) is 111 cm³/mol. The smallest absolute Gasteiger partial charge is 0.447 e. The molecule has 0 fully saturated rings. The van der Waals surface area contributed by atoms with Crippen LogP contribution < -0.4 is 0 Å². The highest BCUT2D eigenvalue weighted by atomic mass is 32.2. The minimum atomic E-state index is -0.967. The maximum atomic E-state index is 11.9. The molecule has 2 amide bonds. The van der Waals surface area contributed by atoms with Crippen molar-refractivity contribution in [3.05, 3.63) is 0 Å². The normalized spacial score (nSPS) is 11.4. The Morgan fingerprint density at radius 2 is 1.10 bits per heavy atom. The largest absolute Gasteiger partial charge is 0.461 e. The summed E-state index contributed by atoms with van der Waals surface area (Å²) in [6.07, 6.45) is 1.19. The summed E-state index contributed by atoms with van der Waals surface area (Å²) in [6.45, 7) is 3.54. The summed E-state index contributed by atoms with van der Waals surface area (Å²) in [5.74, 6) is -1.46. The SMILES string of the molecule is CCOC(=O)C(=NOC(=O)N(C)SN(C)C(=O)ON=C(SC)C(=O)OCC)SC. The summed E-state index contributed by atoms with van der Waals surface area (Å²) in [5, 5.41) is 6.56. The number of thioether (sulfide) groups is 2. The van der Waals surface area contributed by atoms with E-state index in [1.165, 1.54) is 14.1 Å². The van der Waals surface area contributed by atoms with Crippen molar-refractivity contribution in [1.82, 2.24) is 8.61 Å². The fourth-order valence-corrected chi connectivity index (χ4v) is 2.47. The zero-order valence-electron chi connectivity index (χ0n) is 16.7. The average molecular weight is 471 g/mol. The van der Waals surface area contributed by atoms with Gasteiger partial charge in [0, 0.05) is 14.1 Å². The van der Waals surface area contributed by atoms with Crippen LogP contribution in [-0.4, -0.2) is 82.6 Å². The second-order valence-corrected chi connectivity index (χ2v) is 7.28. The summed E-state index contributed by atoms with van der Waals surface area (Å²) < 4.78 is 11.3. The summed E-state index contributed by atoms with van der Waals surface area (Å²) in [4.78, 5) is 56.2. The van der Waals surface area contributed by atoms with Crippen LogP contribution in [0.2, 0.25) is 0 Å². The lowest BCUT2D eigenvalue weighted by Gasteiger charge is -2.19. The fraction of sp³-hybridized carbons (Fsp3) is 0.571. The van der Waals surface area contributed by atoms with E-state index in [4.69, 9.17) is 9.47 Å². The van der Waals surface area contributed by atoms with E-state index in [0.717, 1.165) is 32.1 Å².